The molecule has 1 rings (SSSR count). The van der Waals surface area contributed by atoms with Gasteiger partial charge in [0, 0.05) is 38.8 Å². The van der Waals surface area contributed by atoms with Gasteiger partial charge in [-0.1, -0.05) is 19.3 Å². The molecule has 0 amide bonds. The molecule has 0 aromatic carbocycles. The van der Waals surface area contributed by atoms with Crippen molar-refractivity contribution in [2.45, 2.75) is 51.9 Å². The highest BCUT2D eigenvalue weighted by Gasteiger charge is 2.15. The van der Waals surface area contributed by atoms with Crippen molar-refractivity contribution in [2.24, 2.45) is 10.9 Å². The summed E-state index contributed by atoms with van der Waals surface area (Å²) in [5.41, 5.74) is 0. The van der Waals surface area contributed by atoms with Crippen molar-refractivity contribution in [2.75, 3.05) is 66.7 Å². The van der Waals surface area contributed by atoms with Crippen molar-refractivity contribution in [3.8, 4) is 0 Å². The molecule has 1 atom stereocenters. The average molecular weight is 371 g/mol. The maximum Gasteiger partial charge on any atom is 0.191 e. The number of nitrogens with zero attached hydrogens (tertiary/aromatic N) is 2. The Hall–Kier alpha value is -0.850. The predicted octanol–water partition coefficient (Wildman–Crippen LogP) is 2.50. The molecule has 2 N–H and O–H groups in total. The highest BCUT2D eigenvalue weighted by Crippen LogP contribution is 2.12. The van der Waals surface area contributed by atoms with Gasteiger partial charge >= 0.3 is 0 Å². The van der Waals surface area contributed by atoms with Gasteiger partial charge in [-0.2, -0.15) is 0 Å². The number of hydrogen-bond acceptors (Lipinski definition) is 4. The SMILES string of the molecule is CCNC(=NCCCOCC1CCOC1)NCCCCCCCN(C)C. The summed E-state index contributed by atoms with van der Waals surface area (Å²) in [7, 11) is 4.28. The van der Waals surface area contributed by atoms with Crippen molar-refractivity contribution in [3.63, 3.8) is 0 Å². The molecular formula is C20H42N4O2. The lowest BCUT2D eigenvalue weighted by molar-refractivity contribution is 0.0893. The van der Waals surface area contributed by atoms with Gasteiger partial charge in [0.25, 0.3) is 0 Å². The minimum absolute atomic E-state index is 0.598. The van der Waals surface area contributed by atoms with E-state index in [1.165, 1.54) is 38.6 Å². The minimum Gasteiger partial charge on any atom is -0.381 e. The van der Waals surface area contributed by atoms with Crippen LogP contribution in [0, 0.1) is 5.92 Å². The molecule has 0 saturated carbocycles. The molecule has 1 aliphatic heterocycles. The van der Waals surface area contributed by atoms with E-state index in [4.69, 9.17) is 9.47 Å². The van der Waals surface area contributed by atoms with Gasteiger partial charge in [-0.3, -0.25) is 4.99 Å². The highest BCUT2D eigenvalue weighted by atomic mass is 16.5. The fourth-order valence-electron chi connectivity index (χ4n) is 2.95. The number of guanidine groups is 1. The van der Waals surface area contributed by atoms with Gasteiger partial charge < -0.3 is 25.0 Å². The molecule has 154 valence electrons. The Morgan fingerprint density at radius 1 is 1.12 bits per heavy atom. The maximum atomic E-state index is 5.73. The van der Waals surface area contributed by atoms with Crippen LogP contribution in [0.25, 0.3) is 0 Å². The Morgan fingerprint density at radius 3 is 2.65 bits per heavy atom. The largest absolute Gasteiger partial charge is 0.381 e. The molecule has 0 radical (unpaired) electrons. The molecule has 0 bridgehead atoms. The average Bonchev–Trinajstić information content (AvgIpc) is 3.13. The summed E-state index contributed by atoms with van der Waals surface area (Å²) in [4.78, 5) is 6.89. The van der Waals surface area contributed by atoms with Gasteiger partial charge in [-0.05, 0) is 53.2 Å². The number of nitrogens with one attached hydrogen (secondary N) is 2. The fourth-order valence-corrected chi connectivity index (χ4v) is 2.95. The van der Waals surface area contributed by atoms with Crippen LogP contribution in [0.5, 0.6) is 0 Å². The molecule has 0 aromatic heterocycles. The van der Waals surface area contributed by atoms with Crippen LogP contribution in [-0.4, -0.2) is 77.6 Å². The van der Waals surface area contributed by atoms with E-state index in [0.29, 0.717) is 5.92 Å². The van der Waals surface area contributed by atoms with E-state index in [0.717, 1.165) is 64.9 Å². The third kappa shape index (κ3) is 13.4. The van der Waals surface area contributed by atoms with Crippen LogP contribution >= 0.6 is 0 Å². The van der Waals surface area contributed by atoms with Crippen molar-refractivity contribution in [3.05, 3.63) is 0 Å². The van der Waals surface area contributed by atoms with Crippen LogP contribution in [0.15, 0.2) is 4.99 Å². The van der Waals surface area contributed by atoms with Crippen LogP contribution in [0.1, 0.15) is 51.9 Å². The number of rotatable bonds is 15. The summed E-state index contributed by atoms with van der Waals surface area (Å²) >= 11 is 0. The molecule has 0 spiro atoms. The predicted molar refractivity (Wildman–Crippen MR) is 110 cm³/mol. The Bertz CT molecular complexity index is 345. The Labute approximate surface area is 161 Å². The minimum atomic E-state index is 0.598. The lowest BCUT2D eigenvalue weighted by Crippen LogP contribution is -2.37. The monoisotopic (exact) mass is 370 g/mol. The van der Waals surface area contributed by atoms with Crippen LogP contribution < -0.4 is 10.6 Å². The zero-order chi connectivity index (χ0) is 18.9. The second kappa shape index (κ2) is 16.3. The first-order valence-corrected chi connectivity index (χ1v) is 10.5. The lowest BCUT2D eigenvalue weighted by Gasteiger charge is -2.12. The zero-order valence-electron chi connectivity index (χ0n) is 17.4. The van der Waals surface area contributed by atoms with Crippen LogP contribution in [0.3, 0.4) is 0 Å². The molecule has 26 heavy (non-hydrogen) atoms. The van der Waals surface area contributed by atoms with Gasteiger partial charge in [-0.15, -0.1) is 0 Å². The van der Waals surface area contributed by atoms with E-state index in [9.17, 15) is 0 Å². The molecule has 1 heterocycles. The summed E-state index contributed by atoms with van der Waals surface area (Å²) in [6.07, 6.45) is 8.57. The van der Waals surface area contributed by atoms with Gasteiger partial charge in [0.1, 0.15) is 0 Å². The van der Waals surface area contributed by atoms with Gasteiger partial charge in [0.05, 0.1) is 13.2 Å². The van der Waals surface area contributed by atoms with Gasteiger partial charge in [0.15, 0.2) is 5.96 Å². The van der Waals surface area contributed by atoms with Crippen molar-refractivity contribution >= 4 is 5.96 Å². The van der Waals surface area contributed by atoms with E-state index in [1.54, 1.807) is 0 Å². The highest BCUT2D eigenvalue weighted by molar-refractivity contribution is 5.79. The normalized spacial score (nSPS) is 17.8. The summed E-state index contributed by atoms with van der Waals surface area (Å²) in [5, 5.41) is 6.76. The van der Waals surface area contributed by atoms with Gasteiger partial charge in [-0.25, -0.2) is 0 Å². The van der Waals surface area contributed by atoms with Crippen molar-refractivity contribution in [1.82, 2.24) is 15.5 Å². The van der Waals surface area contributed by atoms with Crippen LogP contribution in [-0.2, 0) is 9.47 Å². The second-order valence-electron chi connectivity index (χ2n) is 7.42. The standard InChI is InChI=1S/C20H42N4O2/c1-4-21-20(22-12-8-6-5-7-9-14-24(2)3)23-13-10-15-25-17-19-11-16-26-18-19/h19H,4-18H2,1-3H3,(H2,21,22,23). The first-order chi connectivity index (χ1) is 12.7. The van der Waals surface area contributed by atoms with E-state index in [2.05, 4.69) is 41.5 Å². The number of hydrogen-bond donors (Lipinski definition) is 2. The lowest BCUT2D eigenvalue weighted by atomic mass is 10.1. The number of unbranched alkanes of at least 4 members (excludes halogenated alkanes) is 4. The molecule has 1 aliphatic rings. The Morgan fingerprint density at radius 2 is 1.92 bits per heavy atom. The Balaban J connectivity index is 1.98. The molecular weight excluding hydrogens is 328 g/mol. The quantitative estimate of drug-likeness (QED) is 0.263. The third-order valence-corrected chi connectivity index (χ3v) is 4.51. The smallest absolute Gasteiger partial charge is 0.191 e. The van der Waals surface area contributed by atoms with Crippen LogP contribution in [0.4, 0.5) is 0 Å². The van der Waals surface area contributed by atoms with E-state index in [-0.39, 0.29) is 0 Å². The summed E-state index contributed by atoms with van der Waals surface area (Å²) in [6.45, 7) is 9.38. The Kier molecular flexibility index (Phi) is 14.6. The van der Waals surface area contributed by atoms with Crippen molar-refractivity contribution < 1.29 is 9.47 Å². The summed E-state index contributed by atoms with van der Waals surface area (Å²) < 4.78 is 11.1. The molecule has 6 nitrogen and oxygen atoms in total. The molecule has 6 heteroatoms. The number of ether oxygens (including phenoxy) is 2. The first kappa shape index (κ1) is 23.2. The third-order valence-electron chi connectivity index (χ3n) is 4.51. The zero-order valence-corrected chi connectivity index (χ0v) is 17.4. The topological polar surface area (TPSA) is 58.1 Å². The molecule has 0 aliphatic carbocycles. The summed E-state index contributed by atoms with van der Waals surface area (Å²) in [6, 6.07) is 0. The fraction of sp³-hybridized carbons (Fsp3) is 0.950. The number of aliphatic imine (C=N–C) groups is 1. The van der Waals surface area contributed by atoms with E-state index >= 15 is 0 Å². The molecule has 0 aromatic rings. The van der Waals surface area contributed by atoms with Gasteiger partial charge in [0.2, 0.25) is 0 Å². The molecule has 1 unspecified atom stereocenters. The van der Waals surface area contributed by atoms with Crippen LogP contribution in [0.2, 0.25) is 0 Å². The molecule has 1 saturated heterocycles. The van der Waals surface area contributed by atoms with E-state index < -0.39 is 0 Å². The second-order valence-corrected chi connectivity index (χ2v) is 7.42. The van der Waals surface area contributed by atoms with E-state index in [1.807, 2.05) is 0 Å². The summed E-state index contributed by atoms with van der Waals surface area (Å²) in [5.74, 6) is 1.53. The van der Waals surface area contributed by atoms with Crippen molar-refractivity contribution in [1.29, 1.82) is 0 Å². The first-order valence-electron chi connectivity index (χ1n) is 10.5. The maximum absolute atomic E-state index is 5.73. The molecule has 1 fully saturated rings.